The topological polar surface area (TPSA) is 21.3 Å². The third-order valence-electron chi connectivity index (χ3n) is 3.19. The molecule has 0 fully saturated rings. The summed E-state index contributed by atoms with van der Waals surface area (Å²) >= 11 is 3.57. The first-order valence-corrected chi connectivity index (χ1v) is 7.40. The molecular weight excluding hydrogens is 290 g/mol. The minimum absolute atomic E-state index is 0.392. The molecule has 1 aromatic rings. The van der Waals surface area contributed by atoms with Crippen LogP contribution in [0.15, 0.2) is 16.6 Å². The molecule has 2 nitrogen and oxygen atoms in total. The fourth-order valence-corrected chi connectivity index (χ4v) is 2.72. The Morgan fingerprint density at radius 2 is 2.11 bits per heavy atom. The van der Waals surface area contributed by atoms with Gasteiger partial charge in [0.25, 0.3) is 0 Å². The second-order valence-electron chi connectivity index (χ2n) is 6.14. The second-order valence-corrected chi connectivity index (χ2v) is 7.05. The summed E-state index contributed by atoms with van der Waals surface area (Å²) in [5.74, 6) is 1.10. The molecular formula is C15H22BrNO. The molecule has 0 bridgehead atoms. The SMILES string of the molecule is CC(C)(C)CCNCc1cc(Br)cc2c1OCC2. The molecule has 2 rings (SSSR count). The smallest absolute Gasteiger partial charge is 0.127 e. The Hall–Kier alpha value is -0.540. The molecule has 0 aliphatic carbocycles. The molecule has 1 aromatic carbocycles. The number of fused-ring (bicyclic) bond motifs is 1. The Labute approximate surface area is 118 Å². The van der Waals surface area contributed by atoms with Crippen molar-refractivity contribution in [3.8, 4) is 5.75 Å². The maximum Gasteiger partial charge on any atom is 0.127 e. The van der Waals surface area contributed by atoms with Crippen LogP contribution in [-0.4, -0.2) is 13.2 Å². The first-order valence-electron chi connectivity index (χ1n) is 6.60. The number of rotatable bonds is 4. The molecule has 1 heterocycles. The Bertz CT molecular complexity index is 423. The molecule has 0 spiro atoms. The molecule has 1 aliphatic rings. The summed E-state index contributed by atoms with van der Waals surface area (Å²) in [4.78, 5) is 0. The largest absolute Gasteiger partial charge is 0.493 e. The van der Waals surface area contributed by atoms with E-state index in [0.29, 0.717) is 5.41 Å². The van der Waals surface area contributed by atoms with E-state index in [0.717, 1.165) is 36.3 Å². The van der Waals surface area contributed by atoms with Crippen LogP contribution in [0.1, 0.15) is 38.3 Å². The number of benzene rings is 1. The van der Waals surface area contributed by atoms with Gasteiger partial charge in [-0.25, -0.2) is 0 Å². The van der Waals surface area contributed by atoms with Crippen LogP contribution in [0.3, 0.4) is 0 Å². The van der Waals surface area contributed by atoms with Gasteiger partial charge in [0.1, 0.15) is 5.75 Å². The van der Waals surface area contributed by atoms with Crippen molar-refractivity contribution in [2.45, 2.75) is 40.2 Å². The van der Waals surface area contributed by atoms with Crippen LogP contribution in [0.2, 0.25) is 0 Å². The maximum absolute atomic E-state index is 5.72. The highest BCUT2D eigenvalue weighted by Crippen LogP contribution is 2.32. The van der Waals surface area contributed by atoms with Gasteiger partial charge in [-0.3, -0.25) is 0 Å². The van der Waals surface area contributed by atoms with Crippen LogP contribution in [0.25, 0.3) is 0 Å². The standard InChI is InChI=1S/C15H22BrNO/c1-15(2,3)5-6-17-10-12-9-13(16)8-11-4-7-18-14(11)12/h8-9,17H,4-7,10H2,1-3H3. The van der Waals surface area contributed by atoms with Gasteiger partial charge < -0.3 is 10.1 Å². The van der Waals surface area contributed by atoms with Crippen molar-refractivity contribution >= 4 is 15.9 Å². The molecule has 0 radical (unpaired) electrons. The van der Waals surface area contributed by atoms with Gasteiger partial charge in [0.15, 0.2) is 0 Å². The van der Waals surface area contributed by atoms with Gasteiger partial charge >= 0.3 is 0 Å². The Balaban J connectivity index is 1.94. The molecule has 0 saturated carbocycles. The molecule has 0 atom stereocenters. The van der Waals surface area contributed by atoms with Gasteiger partial charge in [-0.1, -0.05) is 36.7 Å². The fraction of sp³-hybridized carbons (Fsp3) is 0.600. The third kappa shape index (κ3) is 3.72. The number of nitrogens with one attached hydrogen (secondary N) is 1. The zero-order chi connectivity index (χ0) is 13.2. The van der Waals surface area contributed by atoms with E-state index in [9.17, 15) is 0 Å². The van der Waals surface area contributed by atoms with Crippen molar-refractivity contribution < 1.29 is 4.74 Å². The molecule has 0 unspecified atom stereocenters. The maximum atomic E-state index is 5.72. The van der Waals surface area contributed by atoms with Gasteiger partial charge in [0.2, 0.25) is 0 Å². The summed E-state index contributed by atoms with van der Waals surface area (Å²) in [7, 11) is 0. The molecule has 3 heteroatoms. The van der Waals surface area contributed by atoms with E-state index in [1.54, 1.807) is 0 Å². The average Bonchev–Trinajstić information content (AvgIpc) is 2.70. The van der Waals surface area contributed by atoms with E-state index in [2.05, 4.69) is 54.2 Å². The average molecular weight is 312 g/mol. The van der Waals surface area contributed by atoms with Crippen molar-refractivity contribution in [1.82, 2.24) is 5.32 Å². The zero-order valence-corrected chi connectivity index (χ0v) is 13.1. The van der Waals surface area contributed by atoms with Crippen LogP contribution < -0.4 is 10.1 Å². The molecule has 1 N–H and O–H groups in total. The van der Waals surface area contributed by atoms with Gasteiger partial charge in [0.05, 0.1) is 6.61 Å². The van der Waals surface area contributed by atoms with Crippen LogP contribution in [-0.2, 0) is 13.0 Å². The van der Waals surface area contributed by atoms with Gasteiger partial charge in [-0.05, 0) is 36.1 Å². The number of hydrogen-bond acceptors (Lipinski definition) is 2. The molecule has 0 aromatic heterocycles. The lowest BCUT2D eigenvalue weighted by molar-refractivity contribution is 0.349. The van der Waals surface area contributed by atoms with Crippen molar-refractivity contribution in [3.63, 3.8) is 0 Å². The van der Waals surface area contributed by atoms with Gasteiger partial charge in [-0.15, -0.1) is 0 Å². The molecule has 18 heavy (non-hydrogen) atoms. The van der Waals surface area contributed by atoms with Gasteiger partial charge in [-0.2, -0.15) is 0 Å². The molecule has 1 aliphatic heterocycles. The van der Waals surface area contributed by atoms with Crippen LogP contribution in [0, 0.1) is 5.41 Å². The number of halogens is 1. The van der Waals surface area contributed by atoms with E-state index in [1.807, 2.05) is 0 Å². The highest BCUT2D eigenvalue weighted by atomic mass is 79.9. The van der Waals surface area contributed by atoms with Crippen LogP contribution in [0.5, 0.6) is 5.75 Å². The molecule has 100 valence electrons. The lowest BCUT2D eigenvalue weighted by Crippen LogP contribution is -2.20. The van der Waals surface area contributed by atoms with E-state index in [-0.39, 0.29) is 0 Å². The van der Waals surface area contributed by atoms with E-state index < -0.39 is 0 Å². The first kappa shape index (κ1) is 13.9. The summed E-state index contributed by atoms with van der Waals surface area (Å²) in [6.45, 7) is 9.57. The summed E-state index contributed by atoms with van der Waals surface area (Å²) < 4.78 is 6.87. The number of ether oxygens (including phenoxy) is 1. The zero-order valence-electron chi connectivity index (χ0n) is 11.5. The van der Waals surface area contributed by atoms with E-state index in [1.165, 1.54) is 17.5 Å². The summed E-state index contributed by atoms with van der Waals surface area (Å²) in [6, 6.07) is 4.33. The van der Waals surface area contributed by atoms with Gasteiger partial charge in [0, 0.05) is 23.0 Å². The van der Waals surface area contributed by atoms with Crippen LogP contribution >= 0.6 is 15.9 Å². The van der Waals surface area contributed by atoms with Crippen molar-refractivity contribution in [3.05, 3.63) is 27.7 Å². The lowest BCUT2D eigenvalue weighted by Gasteiger charge is -2.18. The van der Waals surface area contributed by atoms with Crippen molar-refractivity contribution in [2.75, 3.05) is 13.2 Å². The Morgan fingerprint density at radius 1 is 1.33 bits per heavy atom. The fourth-order valence-electron chi connectivity index (χ4n) is 2.16. The quantitative estimate of drug-likeness (QED) is 0.851. The summed E-state index contributed by atoms with van der Waals surface area (Å²) in [5, 5.41) is 3.51. The first-order chi connectivity index (χ1) is 8.46. The predicted molar refractivity (Wildman–Crippen MR) is 79.1 cm³/mol. The number of hydrogen-bond donors (Lipinski definition) is 1. The molecule has 0 saturated heterocycles. The van der Waals surface area contributed by atoms with E-state index >= 15 is 0 Å². The highest BCUT2D eigenvalue weighted by Gasteiger charge is 2.17. The highest BCUT2D eigenvalue weighted by molar-refractivity contribution is 9.10. The third-order valence-corrected chi connectivity index (χ3v) is 3.65. The van der Waals surface area contributed by atoms with Crippen LogP contribution in [0.4, 0.5) is 0 Å². The lowest BCUT2D eigenvalue weighted by atomic mass is 9.92. The van der Waals surface area contributed by atoms with Crippen molar-refractivity contribution in [1.29, 1.82) is 0 Å². The summed E-state index contributed by atoms with van der Waals surface area (Å²) in [6.07, 6.45) is 2.22. The minimum atomic E-state index is 0.392. The van der Waals surface area contributed by atoms with Crippen molar-refractivity contribution in [2.24, 2.45) is 5.41 Å². The Morgan fingerprint density at radius 3 is 2.83 bits per heavy atom. The monoisotopic (exact) mass is 311 g/mol. The Kier molecular flexibility index (Phi) is 4.33. The molecule has 0 amide bonds. The van der Waals surface area contributed by atoms with E-state index in [4.69, 9.17) is 4.74 Å². The predicted octanol–water partition coefficient (Wildman–Crippen LogP) is 3.91. The summed E-state index contributed by atoms with van der Waals surface area (Å²) in [5.41, 5.74) is 2.99. The normalized spacial score (nSPS) is 14.4. The minimum Gasteiger partial charge on any atom is -0.493 e. The second kappa shape index (κ2) is 5.62.